The number of quaternary nitrogens is 1. The van der Waals surface area contributed by atoms with E-state index >= 15 is 0 Å². The molecule has 0 aliphatic heterocycles. The second-order valence-electron chi connectivity index (χ2n) is 6.51. The van der Waals surface area contributed by atoms with E-state index in [0.29, 0.717) is 5.56 Å². The predicted molar refractivity (Wildman–Crippen MR) is 123 cm³/mol. The quantitative estimate of drug-likeness (QED) is 0.207. The van der Waals surface area contributed by atoms with Crippen molar-refractivity contribution in [2.75, 3.05) is 30.7 Å². The highest BCUT2D eigenvalue weighted by Gasteiger charge is 2.12. The average molecular weight is 434 g/mol. The molecule has 2 aromatic rings. The number of nitrogens with one attached hydrogen (secondary N) is 1. The third kappa shape index (κ3) is 8.39. The highest BCUT2D eigenvalue weighted by Crippen LogP contribution is 2.27. The second kappa shape index (κ2) is 13.1. The minimum Gasteiger partial charge on any atom is -0.385 e. The third-order valence-electron chi connectivity index (χ3n) is 4.26. The van der Waals surface area contributed by atoms with Crippen LogP contribution in [0.15, 0.2) is 67.0 Å². The Hall–Kier alpha value is -2.16. The van der Waals surface area contributed by atoms with Crippen LogP contribution in [0.25, 0.3) is 0 Å². The van der Waals surface area contributed by atoms with Crippen molar-refractivity contribution < 1.29 is 14.7 Å². The van der Waals surface area contributed by atoms with Crippen molar-refractivity contribution in [3.05, 3.63) is 67.4 Å². The number of aldehydes is 1. The number of carbonyl (C=O) groups is 1. The van der Waals surface area contributed by atoms with Crippen molar-refractivity contribution in [3.8, 4) is 0 Å². The summed E-state index contributed by atoms with van der Waals surface area (Å²) in [6.45, 7) is 6.74. The summed E-state index contributed by atoms with van der Waals surface area (Å²) in [5.41, 5.74) is 1.75. The molecule has 0 amide bonds. The Morgan fingerprint density at radius 3 is 2.79 bits per heavy atom. The monoisotopic (exact) mass is 433 g/mol. The molecular weight excluding hydrogens is 402 g/mol. The van der Waals surface area contributed by atoms with Crippen molar-refractivity contribution in [1.82, 2.24) is 9.47 Å². The van der Waals surface area contributed by atoms with Gasteiger partial charge in [0.15, 0.2) is 0 Å². The molecule has 0 saturated heterocycles. The van der Waals surface area contributed by atoms with Gasteiger partial charge in [0.1, 0.15) is 24.9 Å². The molecule has 1 aromatic carbocycles. The van der Waals surface area contributed by atoms with Crippen molar-refractivity contribution in [3.63, 3.8) is 0 Å². The molecule has 29 heavy (non-hydrogen) atoms. The maximum Gasteiger partial charge on any atom is 0.328 e. The maximum atomic E-state index is 10.7. The fourth-order valence-corrected chi connectivity index (χ4v) is 4.88. The van der Waals surface area contributed by atoms with Gasteiger partial charge in [-0.2, -0.15) is 0 Å². The zero-order valence-electron chi connectivity index (χ0n) is 17.2. The van der Waals surface area contributed by atoms with Crippen LogP contribution in [-0.4, -0.2) is 41.1 Å². The lowest BCUT2D eigenvalue weighted by atomic mass is 10.2. The molecule has 0 bridgehead atoms. The fourth-order valence-electron chi connectivity index (χ4n) is 2.56. The lowest BCUT2D eigenvalue weighted by molar-refractivity contribution is -0.709. The molecule has 1 heterocycles. The van der Waals surface area contributed by atoms with Crippen LogP contribution in [-0.2, 0) is 14.1 Å². The molecule has 0 aliphatic carbocycles. The zero-order valence-corrected chi connectivity index (χ0v) is 18.8. The Balaban J connectivity index is 1.55. The maximum absolute atomic E-state index is 10.7. The van der Waals surface area contributed by atoms with Gasteiger partial charge in [-0.3, -0.25) is 4.79 Å². The second-order valence-corrected chi connectivity index (χ2v) is 8.90. The van der Waals surface area contributed by atoms with Crippen molar-refractivity contribution >= 4 is 33.6 Å². The highest BCUT2D eigenvalue weighted by molar-refractivity contribution is 8.76. The summed E-state index contributed by atoms with van der Waals surface area (Å²) in [5, 5.41) is 6.78. The molecule has 6 nitrogen and oxygen atoms in total. The van der Waals surface area contributed by atoms with Gasteiger partial charge in [0.2, 0.25) is 0 Å². The number of rotatable bonds is 14. The number of nitrogens with two attached hydrogens (primary N) is 1. The Morgan fingerprint density at radius 1 is 1.34 bits per heavy atom. The molecular formula is C21H31N5OS2+2. The van der Waals surface area contributed by atoms with Crippen molar-refractivity contribution in [2.45, 2.75) is 11.6 Å². The average Bonchev–Trinajstić information content (AvgIpc) is 3.06. The van der Waals surface area contributed by atoms with Gasteiger partial charge in [-0.25, -0.2) is 9.13 Å². The fraction of sp³-hybridized carbons (Fsp3) is 0.333. The Bertz CT molecular complexity index is 769. The van der Waals surface area contributed by atoms with E-state index in [2.05, 4.69) is 70.1 Å². The molecule has 2 rings (SSSR count). The summed E-state index contributed by atoms with van der Waals surface area (Å²) >= 11 is 0. The first-order chi connectivity index (χ1) is 14.1. The predicted octanol–water partition coefficient (Wildman–Crippen LogP) is 2.38. The van der Waals surface area contributed by atoms with E-state index in [1.165, 1.54) is 5.16 Å². The van der Waals surface area contributed by atoms with Gasteiger partial charge in [-0.15, -0.1) is 0 Å². The van der Waals surface area contributed by atoms with Gasteiger partial charge in [0.25, 0.3) is 0 Å². The molecule has 156 valence electrons. The highest BCUT2D eigenvalue weighted by atomic mass is 33.1. The summed E-state index contributed by atoms with van der Waals surface area (Å²) in [7, 11) is 7.78. The number of nitrogens with zero attached hydrogens (tertiary/aromatic N) is 3. The number of anilines is 1. The number of hydrogen-bond donors (Lipinski definition) is 2. The van der Waals surface area contributed by atoms with Crippen LogP contribution >= 0.6 is 21.6 Å². The number of aryl methyl sites for hydroxylation is 2. The van der Waals surface area contributed by atoms with E-state index in [4.69, 9.17) is 0 Å². The Kier molecular flexibility index (Phi) is 10.5. The Morgan fingerprint density at radius 2 is 2.14 bits per heavy atom. The van der Waals surface area contributed by atoms with E-state index < -0.39 is 0 Å². The topological polar surface area (TPSA) is 57.8 Å². The normalized spacial score (nSPS) is 11.0. The van der Waals surface area contributed by atoms with Crippen molar-refractivity contribution in [2.24, 2.45) is 14.1 Å². The summed E-state index contributed by atoms with van der Waals surface area (Å²) in [4.78, 5) is 12.8. The number of carbonyl (C=O) groups excluding carboxylic acids is 1. The van der Waals surface area contributed by atoms with Gasteiger partial charge in [-0.1, -0.05) is 17.4 Å². The molecule has 3 N–H and O–H groups in total. The van der Waals surface area contributed by atoms with Gasteiger partial charge in [0, 0.05) is 47.3 Å². The van der Waals surface area contributed by atoms with Gasteiger partial charge in [-0.05, 0) is 30.5 Å². The van der Waals surface area contributed by atoms with Crippen molar-refractivity contribution in [1.29, 1.82) is 0 Å². The molecule has 1 aromatic heterocycles. The molecule has 0 saturated carbocycles. The molecule has 0 unspecified atom stereocenters. The third-order valence-corrected chi connectivity index (χ3v) is 6.75. The van der Waals surface area contributed by atoms with E-state index in [1.54, 1.807) is 10.8 Å². The molecule has 0 spiro atoms. The first kappa shape index (κ1) is 23.1. The molecule has 8 heteroatoms. The number of benzene rings is 1. The van der Waals surface area contributed by atoms with Crippen LogP contribution in [0.5, 0.6) is 0 Å². The van der Waals surface area contributed by atoms with E-state index in [-0.39, 0.29) is 0 Å². The summed E-state index contributed by atoms with van der Waals surface area (Å²) < 4.78 is 4.26. The molecule has 0 fully saturated rings. The smallest absolute Gasteiger partial charge is 0.328 e. The summed E-state index contributed by atoms with van der Waals surface area (Å²) in [5.74, 6) is 1.01. The largest absolute Gasteiger partial charge is 0.385 e. The SMILES string of the molecule is C=CN(/C=C\[NH2+]CCCNc1ccc(C=O)cc1)CCSSc1n(C)cc[n+]1C. The van der Waals surface area contributed by atoms with Crippen LogP contribution in [0.1, 0.15) is 16.8 Å². The van der Waals surface area contributed by atoms with Gasteiger partial charge in [0.05, 0.1) is 26.8 Å². The number of aromatic nitrogens is 2. The lowest BCUT2D eigenvalue weighted by Gasteiger charge is -2.13. The van der Waals surface area contributed by atoms with Crippen LogP contribution in [0, 0.1) is 0 Å². The van der Waals surface area contributed by atoms with Gasteiger partial charge < -0.3 is 15.5 Å². The molecule has 0 aliphatic rings. The van der Waals surface area contributed by atoms with Crippen LogP contribution in [0.3, 0.4) is 0 Å². The zero-order chi connectivity index (χ0) is 20.9. The number of imidazole rings is 1. The Labute approximate surface area is 181 Å². The minimum atomic E-state index is 0.701. The van der Waals surface area contributed by atoms with E-state index in [1.807, 2.05) is 41.3 Å². The van der Waals surface area contributed by atoms with E-state index in [9.17, 15) is 4.79 Å². The van der Waals surface area contributed by atoms with Crippen LogP contribution in [0.4, 0.5) is 5.69 Å². The standard InChI is InChI=1S/C21H29N5OS2/c1-4-26(16-17-28-29-21-24(2)14-15-25(21)3)13-12-22-10-5-11-23-20-8-6-19(18-27)7-9-20/h4,6-9,12-15,18,22H,1,5,10-11,16-17H2,2-3H3/p+2/b13-12-. The summed E-state index contributed by atoms with van der Waals surface area (Å²) in [6, 6.07) is 7.52. The minimum absolute atomic E-state index is 0.701. The molecule has 0 atom stereocenters. The molecule has 0 radical (unpaired) electrons. The first-order valence-corrected chi connectivity index (χ1v) is 11.9. The van der Waals surface area contributed by atoms with E-state index in [0.717, 1.165) is 43.8 Å². The first-order valence-electron chi connectivity index (χ1n) is 9.62. The van der Waals surface area contributed by atoms with Gasteiger partial charge >= 0.3 is 5.16 Å². The van der Waals surface area contributed by atoms with Crippen LogP contribution < -0.4 is 15.2 Å². The summed E-state index contributed by atoms with van der Waals surface area (Å²) in [6.07, 6.45) is 12.1. The van der Waals surface area contributed by atoms with Crippen LogP contribution in [0.2, 0.25) is 0 Å². The number of hydrogen-bond acceptors (Lipinski definition) is 5. The lowest BCUT2D eigenvalue weighted by Crippen LogP contribution is -2.78.